The molecule has 0 aromatic rings. The van der Waals surface area contributed by atoms with Crippen molar-refractivity contribution < 1.29 is 8.42 Å². The summed E-state index contributed by atoms with van der Waals surface area (Å²) in [4.78, 5) is 0. The van der Waals surface area contributed by atoms with Crippen LogP contribution in [-0.2, 0) is 9.84 Å². The average Bonchev–Trinajstić information content (AvgIpc) is 1.61. The molecule has 0 saturated heterocycles. The monoisotopic (exact) mass is 165 g/mol. The van der Waals surface area contributed by atoms with Crippen LogP contribution < -0.4 is 5.32 Å². The number of hydrogen-bond donors (Lipinski definition) is 1. The molecule has 0 aliphatic rings. The van der Waals surface area contributed by atoms with Gasteiger partial charge in [0.2, 0.25) is 0 Å². The van der Waals surface area contributed by atoms with E-state index >= 15 is 0 Å². The lowest BCUT2D eigenvalue weighted by Crippen LogP contribution is -2.40. The Morgan fingerprint density at radius 1 is 1.40 bits per heavy atom. The molecular weight excluding hydrogens is 150 g/mol. The zero-order chi connectivity index (χ0) is 8.41. The lowest BCUT2D eigenvalue weighted by Gasteiger charge is -2.21. The maximum Gasteiger partial charge on any atom is 0.153 e. The quantitative estimate of drug-likeness (QED) is 0.641. The second-order valence-corrected chi connectivity index (χ2v) is 5.71. The summed E-state index contributed by atoms with van der Waals surface area (Å²) in [5, 5.41) is 2.84. The Morgan fingerprint density at radius 3 is 1.90 bits per heavy atom. The number of rotatable bonds is 3. The van der Waals surface area contributed by atoms with Crippen LogP contribution in [0, 0.1) is 0 Å². The molecule has 3 nitrogen and oxygen atoms in total. The van der Waals surface area contributed by atoms with E-state index in [1.165, 1.54) is 6.26 Å². The van der Waals surface area contributed by atoms with Gasteiger partial charge in [0.25, 0.3) is 0 Å². The van der Waals surface area contributed by atoms with Crippen molar-refractivity contribution in [1.29, 1.82) is 0 Å². The largest absolute Gasteiger partial charge is 0.318 e. The van der Waals surface area contributed by atoms with Gasteiger partial charge in [-0.1, -0.05) is 0 Å². The van der Waals surface area contributed by atoms with Crippen molar-refractivity contribution in [3.63, 3.8) is 0 Å². The van der Waals surface area contributed by atoms with Gasteiger partial charge in [-0.2, -0.15) is 0 Å². The smallest absolute Gasteiger partial charge is 0.153 e. The van der Waals surface area contributed by atoms with E-state index in [0.29, 0.717) is 6.54 Å². The van der Waals surface area contributed by atoms with E-state index in [2.05, 4.69) is 5.32 Å². The van der Waals surface area contributed by atoms with E-state index in [-0.39, 0.29) is 0 Å². The zero-order valence-electron chi connectivity index (χ0n) is 6.93. The second kappa shape index (κ2) is 2.88. The Balaban J connectivity index is 4.42. The van der Waals surface area contributed by atoms with Gasteiger partial charge in [-0.15, -0.1) is 0 Å². The summed E-state index contributed by atoms with van der Waals surface area (Å²) in [5.74, 6) is 0. The summed E-state index contributed by atoms with van der Waals surface area (Å²) in [6.45, 7) is 3.91. The molecule has 0 aliphatic carbocycles. The predicted molar refractivity (Wildman–Crippen MR) is 42.8 cm³/mol. The molecule has 62 valence electrons. The Kier molecular flexibility index (Phi) is 2.86. The first-order valence-electron chi connectivity index (χ1n) is 3.15. The molecule has 0 amide bonds. The van der Waals surface area contributed by atoms with E-state index in [1.807, 2.05) is 0 Å². The highest BCUT2D eigenvalue weighted by Crippen LogP contribution is 2.12. The van der Waals surface area contributed by atoms with Gasteiger partial charge in [0.05, 0.1) is 4.75 Å². The van der Waals surface area contributed by atoms with Crippen molar-refractivity contribution in [1.82, 2.24) is 5.32 Å². The van der Waals surface area contributed by atoms with Crippen LogP contribution in [0.1, 0.15) is 13.8 Å². The van der Waals surface area contributed by atoms with Gasteiger partial charge in [-0.05, 0) is 20.9 Å². The Hall–Kier alpha value is -0.0900. The number of nitrogens with one attached hydrogen (secondary N) is 1. The van der Waals surface area contributed by atoms with Crippen molar-refractivity contribution in [2.24, 2.45) is 0 Å². The molecule has 0 heterocycles. The van der Waals surface area contributed by atoms with Gasteiger partial charge in [-0.3, -0.25) is 0 Å². The highest BCUT2D eigenvalue weighted by Gasteiger charge is 2.28. The molecule has 1 N–H and O–H groups in total. The summed E-state index contributed by atoms with van der Waals surface area (Å²) < 4.78 is 21.4. The third-order valence-electron chi connectivity index (χ3n) is 1.61. The summed E-state index contributed by atoms with van der Waals surface area (Å²) in [5.41, 5.74) is 0. The first-order valence-corrected chi connectivity index (χ1v) is 5.04. The van der Waals surface area contributed by atoms with Crippen LogP contribution in [0.25, 0.3) is 0 Å². The van der Waals surface area contributed by atoms with E-state index in [0.717, 1.165) is 0 Å². The molecule has 0 saturated carbocycles. The first-order chi connectivity index (χ1) is 4.31. The zero-order valence-corrected chi connectivity index (χ0v) is 7.75. The maximum absolute atomic E-state index is 11.0. The molecule has 0 radical (unpaired) electrons. The van der Waals surface area contributed by atoms with Gasteiger partial charge in [0, 0.05) is 12.8 Å². The van der Waals surface area contributed by atoms with Crippen molar-refractivity contribution in [3.05, 3.63) is 0 Å². The molecule has 0 bridgehead atoms. The minimum Gasteiger partial charge on any atom is -0.318 e. The highest BCUT2D eigenvalue weighted by molar-refractivity contribution is 7.92. The fourth-order valence-electron chi connectivity index (χ4n) is 0.557. The lowest BCUT2D eigenvalue weighted by atomic mass is 10.2. The van der Waals surface area contributed by atoms with Gasteiger partial charge in [0.1, 0.15) is 0 Å². The fraction of sp³-hybridized carbons (Fsp3) is 1.00. The average molecular weight is 165 g/mol. The summed E-state index contributed by atoms with van der Waals surface area (Å²) >= 11 is 0. The number of sulfone groups is 1. The standard InChI is InChI=1S/C6H15NO2S/c1-6(2,5-7-3)10(4,8)9/h7H,5H2,1-4H3. The summed E-state index contributed by atoms with van der Waals surface area (Å²) in [6, 6.07) is 0. The van der Waals surface area contributed by atoms with Crippen molar-refractivity contribution >= 4 is 9.84 Å². The predicted octanol–water partition coefficient (Wildman–Crippen LogP) is 0.0290. The Bertz CT molecular complexity index is 194. The maximum atomic E-state index is 11.0. The molecule has 0 spiro atoms. The third kappa shape index (κ3) is 2.27. The Labute approximate surface area is 62.7 Å². The number of hydrogen-bond acceptors (Lipinski definition) is 3. The first kappa shape index (κ1) is 9.91. The van der Waals surface area contributed by atoms with Crippen molar-refractivity contribution in [3.8, 4) is 0 Å². The van der Waals surface area contributed by atoms with Crippen LogP contribution in [0.15, 0.2) is 0 Å². The molecule has 0 fully saturated rings. The molecule has 0 aromatic heterocycles. The van der Waals surface area contributed by atoms with E-state index in [1.54, 1.807) is 20.9 Å². The van der Waals surface area contributed by atoms with Crippen LogP contribution in [-0.4, -0.2) is 33.0 Å². The lowest BCUT2D eigenvalue weighted by molar-refractivity contribution is 0.537. The molecule has 0 atom stereocenters. The minimum absolute atomic E-state index is 0.492. The normalized spacial score (nSPS) is 13.6. The highest BCUT2D eigenvalue weighted by atomic mass is 32.2. The third-order valence-corrected chi connectivity index (χ3v) is 3.76. The second-order valence-electron chi connectivity index (χ2n) is 3.06. The molecule has 10 heavy (non-hydrogen) atoms. The van der Waals surface area contributed by atoms with Gasteiger partial charge >= 0.3 is 0 Å². The van der Waals surface area contributed by atoms with E-state index < -0.39 is 14.6 Å². The SMILES string of the molecule is CNCC(C)(C)S(C)(=O)=O. The van der Waals surface area contributed by atoms with E-state index in [4.69, 9.17) is 0 Å². The Morgan fingerprint density at radius 2 is 1.80 bits per heavy atom. The molecule has 0 aromatic carbocycles. The van der Waals surface area contributed by atoms with Crippen molar-refractivity contribution in [2.45, 2.75) is 18.6 Å². The summed E-state index contributed by atoms with van der Waals surface area (Å²) in [6.07, 6.45) is 1.25. The fourth-order valence-corrected chi connectivity index (χ4v) is 0.963. The molecule has 0 unspecified atom stereocenters. The molecule has 0 aliphatic heterocycles. The van der Waals surface area contributed by atoms with Gasteiger partial charge in [0.15, 0.2) is 9.84 Å². The summed E-state index contributed by atoms with van der Waals surface area (Å²) in [7, 11) is -1.18. The van der Waals surface area contributed by atoms with Crippen LogP contribution in [0.3, 0.4) is 0 Å². The van der Waals surface area contributed by atoms with Crippen molar-refractivity contribution in [2.75, 3.05) is 19.8 Å². The van der Waals surface area contributed by atoms with E-state index in [9.17, 15) is 8.42 Å². The van der Waals surface area contributed by atoms with Crippen LogP contribution in [0.4, 0.5) is 0 Å². The van der Waals surface area contributed by atoms with Crippen LogP contribution in [0.2, 0.25) is 0 Å². The van der Waals surface area contributed by atoms with Gasteiger partial charge in [-0.25, -0.2) is 8.42 Å². The van der Waals surface area contributed by atoms with Gasteiger partial charge < -0.3 is 5.32 Å². The molecule has 4 heteroatoms. The molecule has 0 rings (SSSR count). The topological polar surface area (TPSA) is 46.2 Å². The molecular formula is C6H15NO2S. The van der Waals surface area contributed by atoms with Crippen LogP contribution in [0.5, 0.6) is 0 Å². The minimum atomic E-state index is -2.93. The van der Waals surface area contributed by atoms with Crippen LogP contribution >= 0.6 is 0 Å².